The highest BCUT2D eigenvalue weighted by Gasteiger charge is 2.19. The fourth-order valence-corrected chi connectivity index (χ4v) is 1.66. The molecule has 0 aliphatic heterocycles. The standard InChI is InChI=1S/C12H15ClN2O3/c1-7(8-3-2-4-9(13)5-8)15-12(18)10(14)6-11(16)17/h2-5,7,10H,6,14H2,1H3,(H,15,18)(H,16,17). The summed E-state index contributed by atoms with van der Waals surface area (Å²) < 4.78 is 0. The van der Waals surface area contributed by atoms with Gasteiger partial charge in [-0.1, -0.05) is 23.7 Å². The number of carbonyl (C=O) groups excluding carboxylic acids is 1. The van der Waals surface area contributed by atoms with E-state index in [1.165, 1.54) is 0 Å². The van der Waals surface area contributed by atoms with E-state index in [1.54, 1.807) is 25.1 Å². The van der Waals surface area contributed by atoms with Crippen LogP contribution in [0.2, 0.25) is 5.02 Å². The van der Waals surface area contributed by atoms with Gasteiger partial charge in [-0.2, -0.15) is 0 Å². The summed E-state index contributed by atoms with van der Waals surface area (Å²) in [5.74, 6) is -1.60. The monoisotopic (exact) mass is 270 g/mol. The molecule has 0 heterocycles. The molecule has 0 aliphatic carbocycles. The van der Waals surface area contributed by atoms with E-state index in [9.17, 15) is 9.59 Å². The first kappa shape index (κ1) is 14.5. The molecule has 0 saturated carbocycles. The molecule has 0 aromatic heterocycles. The molecule has 2 unspecified atom stereocenters. The van der Waals surface area contributed by atoms with Crippen LogP contribution in [0.25, 0.3) is 0 Å². The third-order valence-corrected chi connectivity index (χ3v) is 2.67. The number of hydrogen-bond donors (Lipinski definition) is 3. The van der Waals surface area contributed by atoms with Crippen molar-refractivity contribution >= 4 is 23.5 Å². The molecule has 0 fully saturated rings. The van der Waals surface area contributed by atoms with E-state index in [1.807, 2.05) is 6.07 Å². The van der Waals surface area contributed by atoms with Crippen LogP contribution in [0.15, 0.2) is 24.3 Å². The maximum absolute atomic E-state index is 11.6. The third kappa shape index (κ3) is 4.35. The van der Waals surface area contributed by atoms with Crippen LogP contribution >= 0.6 is 11.6 Å². The van der Waals surface area contributed by atoms with Gasteiger partial charge in [-0.15, -0.1) is 0 Å². The molecule has 0 saturated heterocycles. The number of hydrogen-bond acceptors (Lipinski definition) is 3. The van der Waals surface area contributed by atoms with Crippen LogP contribution < -0.4 is 11.1 Å². The SMILES string of the molecule is CC(NC(=O)C(N)CC(=O)O)c1cccc(Cl)c1. The Morgan fingerprint density at radius 2 is 2.17 bits per heavy atom. The van der Waals surface area contributed by atoms with Gasteiger partial charge < -0.3 is 16.2 Å². The summed E-state index contributed by atoms with van der Waals surface area (Å²) in [5, 5.41) is 11.8. The number of carboxylic acid groups (broad SMARTS) is 1. The largest absolute Gasteiger partial charge is 0.481 e. The predicted molar refractivity (Wildman–Crippen MR) is 68.2 cm³/mol. The molecule has 0 spiro atoms. The molecule has 0 aliphatic rings. The van der Waals surface area contributed by atoms with Crippen LogP contribution in [0, 0.1) is 0 Å². The van der Waals surface area contributed by atoms with E-state index in [-0.39, 0.29) is 6.04 Å². The first-order valence-corrected chi connectivity index (χ1v) is 5.81. The second-order valence-corrected chi connectivity index (χ2v) is 4.43. The van der Waals surface area contributed by atoms with Crippen LogP contribution in [0.4, 0.5) is 0 Å². The Morgan fingerprint density at radius 3 is 2.72 bits per heavy atom. The van der Waals surface area contributed by atoms with Gasteiger partial charge in [-0.3, -0.25) is 9.59 Å². The Labute approximate surface area is 110 Å². The highest BCUT2D eigenvalue weighted by Crippen LogP contribution is 2.17. The Hall–Kier alpha value is -1.59. The Balaban J connectivity index is 2.62. The normalized spacial score (nSPS) is 13.7. The van der Waals surface area contributed by atoms with Gasteiger partial charge >= 0.3 is 5.97 Å². The summed E-state index contributed by atoms with van der Waals surface area (Å²) in [5.41, 5.74) is 6.29. The molecule has 1 amide bonds. The number of nitrogens with two attached hydrogens (primary N) is 1. The number of rotatable bonds is 5. The summed E-state index contributed by atoms with van der Waals surface area (Å²) in [4.78, 5) is 22.1. The maximum Gasteiger partial charge on any atom is 0.305 e. The lowest BCUT2D eigenvalue weighted by atomic mass is 10.1. The summed E-state index contributed by atoms with van der Waals surface area (Å²) in [6, 6.07) is 5.72. The molecule has 4 N–H and O–H groups in total. The molecule has 2 atom stereocenters. The van der Waals surface area contributed by atoms with Gasteiger partial charge in [0, 0.05) is 5.02 Å². The minimum Gasteiger partial charge on any atom is -0.481 e. The second kappa shape index (κ2) is 6.37. The second-order valence-electron chi connectivity index (χ2n) is 3.99. The van der Waals surface area contributed by atoms with Crippen molar-refractivity contribution in [2.75, 3.05) is 0 Å². The number of benzene rings is 1. The number of carbonyl (C=O) groups is 2. The van der Waals surface area contributed by atoms with Crippen molar-refractivity contribution in [1.82, 2.24) is 5.32 Å². The number of carboxylic acids is 1. The fraction of sp³-hybridized carbons (Fsp3) is 0.333. The average molecular weight is 271 g/mol. The smallest absolute Gasteiger partial charge is 0.305 e. The average Bonchev–Trinajstić information content (AvgIpc) is 2.27. The Bertz CT molecular complexity index is 451. The summed E-state index contributed by atoms with van der Waals surface area (Å²) in [6.45, 7) is 1.77. The summed E-state index contributed by atoms with van der Waals surface area (Å²) in [6.07, 6.45) is -0.395. The van der Waals surface area contributed by atoms with E-state index in [0.717, 1.165) is 5.56 Å². The number of aliphatic carboxylic acids is 1. The minimum atomic E-state index is -1.10. The molecule has 18 heavy (non-hydrogen) atoms. The van der Waals surface area contributed by atoms with E-state index < -0.39 is 24.3 Å². The van der Waals surface area contributed by atoms with Crippen LogP contribution in [0.3, 0.4) is 0 Å². The Morgan fingerprint density at radius 1 is 1.50 bits per heavy atom. The van der Waals surface area contributed by atoms with E-state index in [0.29, 0.717) is 5.02 Å². The molecule has 98 valence electrons. The van der Waals surface area contributed by atoms with Crippen molar-refractivity contribution < 1.29 is 14.7 Å². The van der Waals surface area contributed by atoms with Crippen molar-refractivity contribution in [3.8, 4) is 0 Å². The molecule has 1 aromatic carbocycles. The van der Waals surface area contributed by atoms with E-state index >= 15 is 0 Å². The highest BCUT2D eigenvalue weighted by molar-refractivity contribution is 6.30. The van der Waals surface area contributed by atoms with Gasteiger partial charge in [-0.25, -0.2) is 0 Å². The van der Waals surface area contributed by atoms with E-state index in [4.69, 9.17) is 22.4 Å². The number of nitrogens with one attached hydrogen (secondary N) is 1. The zero-order valence-corrected chi connectivity index (χ0v) is 10.6. The quantitative estimate of drug-likeness (QED) is 0.752. The van der Waals surface area contributed by atoms with Gasteiger partial charge in [0.1, 0.15) is 0 Å². The van der Waals surface area contributed by atoms with Crippen molar-refractivity contribution in [2.24, 2.45) is 5.73 Å². The van der Waals surface area contributed by atoms with Crippen LogP contribution in [-0.4, -0.2) is 23.0 Å². The first-order chi connectivity index (χ1) is 8.40. The zero-order chi connectivity index (χ0) is 13.7. The summed E-state index contributed by atoms with van der Waals surface area (Å²) in [7, 11) is 0. The van der Waals surface area contributed by atoms with Crippen molar-refractivity contribution in [1.29, 1.82) is 0 Å². The Kier molecular flexibility index (Phi) is 5.12. The molecule has 6 heteroatoms. The number of amides is 1. The van der Waals surface area contributed by atoms with Crippen LogP contribution in [-0.2, 0) is 9.59 Å². The van der Waals surface area contributed by atoms with Gasteiger partial charge in [0.05, 0.1) is 18.5 Å². The van der Waals surface area contributed by atoms with Crippen molar-refractivity contribution in [3.63, 3.8) is 0 Å². The summed E-state index contributed by atoms with van der Waals surface area (Å²) >= 11 is 5.84. The lowest BCUT2D eigenvalue weighted by molar-refractivity contribution is -0.139. The number of halogens is 1. The van der Waals surface area contributed by atoms with Gasteiger partial charge in [-0.05, 0) is 24.6 Å². The molecular weight excluding hydrogens is 256 g/mol. The molecule has 0 bridgehead atoms. The lowest BCUT2D eigenvalue weighted by Crippen LogP contribution is -2.42. The minimum absolute atomic E-state index is 0.281. The molecule has 1 aromatic rings. The van der Waals surface area contributed by atoms with Gasteiger partial charge in [0.25, 0.3) is 0 Å². The lowest BCUT2D eigenvalue weighted by Gasteiger charge is -2.17. The molecule has 5 nitrogen and oxygen atoms in total. The molecule has 1 rings (SSSR count). The fourth-order valence-electron chi connectivity index (χ4n) is 1.46. The zero-order valence-electron chi connectivity index (χ0n) is 9.89. The highest BCUT2D eigenvalue weighted by atomic mass is 35.5. The van der Waals surface area contributed by atoms with Crippen LogP contribution in [0.5, 0.6) is 0 Å². The van der Waals surface area contributed by atoms with Crippen LogP contribution in [0.1, 0.15) is 24.9 Å². The predicted octanol–water partition coefficient (Wildman–Crippen LogP) is 1.32. The van der Waals surface area contributed by atoms with Gasteiger partial charge in [0.15, 0.2) is 0 Å². The maximum atomic E-state index is 11.6. The van der Waals surface area contributed by atoms with Gasteiger partial charge in [0.2, 0.25) is 5.91 Å². The molecule has 0 radical (unpaired) electrons. The van der Waals surface area contributed by atoms with E-state index in [2.05, 4.69) is 5.32 Å². The molecular formula is C12H15ClN2O3. The first-order valence-electron chi connectivity index (χ1n) is 5.43. The van der Waals surface area contributed by atoms with Crippen molar-refractivity contribution in [2.45, 2.75) is 25.4 Å². The topological polar surface area (TPSA) is 92.4 Å². The third-order valence-electron chi connectivity index (χ3n) is 2.44. The van der Waals surface area contributed by atoms with Crippen molar-refractivity contribution in [3.05, 3.63) is 34.9 Å².